The van der Waals surface area contributed by atoms with Gasteiger partial charge in [0, 0.05) is 27.2 Å². The second kappa shape index (κ2) is 7.65. The molecule has 0 saturated carbocycles. The molecular weight excluding hydrogens is 394 g/mol. The molecule has 8 heteroatoms. The second-order valence-electron chi connectivity index (χ2n) is 6.34. The molecule has 0 saturated heterocycles. The highest BCUT2D eigenvalue weighted by Gasteiger charge is 2.18. The number of amides is 2. The van der Waals surface area contributed by atoms with Crippen molar-refractivity contribution in [2.24, 2.45) is 0 Å². The standard InChI is InChI=1S/C20H17N3O3S2/c1-11-7-14(28-20-21-12(2)10-27-20)4-5-15(11)23-19(25)13-3-6-17-16(8-13)22-18(24)9-26-17/h3-8,10H,9H2,1-2H3,(H,22,24)(H,23,25). The van der Waals surface area contributed by atoms with Crippen LogP contribution in [0.25, 0.3) is 0 Å². The average Bonchev–Trinajstić information content (AvgIpc) is 3.08. The molecule has 1 aliphatic heterocycles. The third-order valence-corrected chi connectivity index (χ3v) is 6.17. The first-order valence-electron chi connectivity index (χ1n) is 8.56. The van der Waals surface area contributed by atoms with Crippen molar-refractivity contribution < 1.29 is 14.3 Å². The number of aromatic nitrogens is 1. The fourth-order valence-electron chi connectivity index (χ4n) is 2.74. The molecule has 0 spiro atoms. The molecule has 2 aromatic carbocycles. The van der Waals surface area contributed by atoms with E-state index in [1.165, 1.54) is 0 Å². The quantitative estimate of drug-likeness (QED) is 0.661. The van der Waals surface area contributed by atoms with Crippen LogP contribution in [0.15, 0.2) is 51.0 Å². The first kappa shape index (κ1) is 18.5. The van der Waals surface area contributed by atoms with Crippen molar-refractivity contribution in [3.05, 3.63) is 58.6 Å². The predicted octanol–water partition coefficient (Wildman–Crippen LogP) is 4.49. The number of aryl methyl sites for hydroxylation is 2. The van der Waals surface area contributed by atoms with Gasteiger partial charge in [-0.05, 0) is 55.8 Å². The number of carbonyl (C=O) groups excluding carboxylic acids is 2. The van der Waals surface area contributed by atoms with Crippen LogP contribution in [0.4, 0.5) is 11.4 Å². The third kappa shape index (κ3) is 4.02. The van der Waals surface area contributed by atoms with Crippen molar-refractivity contribution in [1.29, 1.82) is 0 Å². The van der Waals surface area contributed by atoms with E-state index in [2.05, 4.69) is 15.6 Å². The van der Waals surface area contributed by atoms with Crippen molar-refractivity contribution in [2.45, 2.75) is 23.1 Å². The Bertz CT molecular complexity index is 1080. The molecule has 1 aliphatic rings. The fraction of sp³-hybridized carbons (Fsp3) is 0.150. The number of nitrogens with one attached hydrogen (secondary N) is 2. The molecule has 4 rings (SSSR count). The lowest BCUT2D eigenvalue weighted by molar-refractivity contribution is -0.118. The lowest BCUT2D eigenvalue weighted by atomic mass is 10.1. The summed E-state index contributed by atoms with van der Waals surface area (Å²) < 4.78 is 6.31. The fourth-order valence-corrected chi connectivity index (χ4v) is 4.65. The molecule has 0 unspecified atom stereocenters. The van der Waals surface area contributed by atoms with Crippen LogP contribution in [0.3, 0.4) is 0 Å². The molecule has 6 nitrogen and oxygen atoms in total. The Kier molecular flexibility index (Phi) is 5.06. The van der Waals surface area contributed by atoms with E-state index in [0.717, 1.165) is 26.2 Å². The third-order valence-electron chi connectivity index (χ3n) is 4.12. The van der Waals surface area contributed by atoms with Gasteiger partial charge in [0.25, 0.3) is 11.8 Å². The van der Waals surface area contributed by atoms with Crippen LogP contribution in [0, 0.1) is 13.8 Å². The maximum absolute atomic E-state index is 12.6. The van der Waals surface area contributed by atoms with Crippen molar-refractivity contribution in [1.82, 2.24) is 4.98 Å². The van der Waals surface area contributed by atoms with Crippen molar-refractivity contribution in [2.75, 3.05) is 17.2 Å². The highest BCUT2D eigenvalue weighted by Crippen LogP contribution is 2.33. The Labute approximate surface area is 170 Å². The number of hydrogen-bond acceptors (Lipinski definition) is 6. The molecule has 0 atom stereocenters. The van der Waals surface area contributed by atoms with Crippen LogP contribution in [-0.4, -0.2) is 23.4 Å². The summed E-state index contributed by atoms with van der Waals surface area (Å²) in [5.74, 6) is 0.0808. The summed E-state index contributed by atoms with van der Waals surface area (Å²) >= 11 is 3.22. The van der Waals surface area contributed by atoms with Gasteiger partial charge in [-0.15, -0.1) is 11.3 Å². The van der Waals surface area contributed by atoms with E-state index in [0.29, 0.717) is 17.0 Å². The summed E-state index contributed by atoms with van der Waals surface area (Å²) in [6, 6.07) is 10.9. The SMILES string of the molecule is Cc1csc(Sc2ccc(NC(=O)c3ccc4c(c3)NC(=O)CO4)c(C)c2)n1. The van der Waals surface area contributed by atoms with Gasteiger partial charge in [0.15, 0.2) is 10.9 Å². The zero-order valence-electron chi connectivity index (χ0n) is 15.2. The van der Waals surface area contributed by atoms with Crippen molar-refractivity contribution in [3.8, 4) is 5.75 Å². The lowest BCUT2D eigenvalue weighted by Crippen LogP contribution is -2.25. The molecule has 0 bridgehead atoms. The van der Waals surface area contributed by atoms with Gasteiger partial charge in [-0.3, -0.25) is 9.59 Å². The molecular formula is C20H17N3O3S2. The summed E-state index contributed by atoms with van der Waals surface area (Å²) in [7, 11) is 0. The maximum atomic E-state index is 12.6. The molecule has 3 aromatic rings. The predicted molar refractivity (Wildman–Crippen MR) is 111 cm³/mol. The number of hydrogen-bond donors (Lipinski definition) is 2. The molecule has 0 radical (unpaired) electrons. The minimum absolute atomic E-state index is 0.0113. The average molecular weight is 412 g/mol. The lowest BCUT2D eigenvalue weighted by Gasteiger charge is -2.18. The van der Waals surface area contributed by atoms with Crippen LogP contribution in [0.2, 0.25) is 0 Å². The topological polar surface area (TPSA) is 80.3 Å². The first-order chi connectivity index (χ1) is 13.5. The molecule has 2 heterocycles. The van der Waals surface area contributed by atoms with Crippen LogP contribution >= 0.6 is 23.1 Å². The van der Waals surface area contributed by atoms with Gasteiger partial charge in [0.1, 0.15) is 5.75 Å². The van der Waals surface area contributed by atoms with E-state index in [1.807, 2.05) is 37.4 Å². The van der Waals surface area contributed by atoms with Gasteiger partial charge in [-0.1, -0.05) is 11.8 Å². The number of carbonyl (C=O) groups is 2. The summed E-state index contributed by atoms with van der Waals surface area (Å²) in [5.41, 5.74) is 3.66. The van der Waals surface area contributed by atoms with Gasteiger partial charge in [0.2, 0.25) is 0 Å². The van der Waals surface area contributed by atoms with Gasteiger partial charge in [0.05, 0.1) is 5.69 Å². The minimum Gasteiger partial charge on any atom is -0.482 e. The van der Waals surface area contributed by atoms with Gasteiger partial charge < -0.3 is 15.4 Å². The number of fused-ring (bicyclic) bond motifs is 1. The van der Waals surface area contributed by atoms with E-state index in [4.69, 9.17) is 4.74 Å². The van der Waals surface area contributed by atoms with E-state index >= 15 is 0 Å². The summed E-state index contributed by atoms with van der Waals surface area (Å²) in [6.45, 7) is 3.92. The Hall–Kier alpha value is -2.84. The molecule has 2 amide bonds. The summed E-state index contributed by atoms with van der Waals surface area (Å²) in [4.78, 5) is 29.6. The largest absolute Gasteiger partial charge is 0.482 e. The van der Waals surface area contributed by atoms with E-state index in [1.54, 1.807) is 41.3 Å². The zero-order chi connectivity index (χ0) is 19.7. The molecule has 1 aromatic heterocycles. The van der Waals surface area contributed by atoms with Crippen LogP contribution in [0.5, 0.6) is 5.75 Å². The normalized spacial score (nSPS) is 12.7. The highest BCUT2D eigenvalue weighted by atomic mass is 32.2. The van der Waals surface area contributed by atoms with E-state index < -0.39 is 0 Å². The molecule has 142 valence electrons. The van der Waals surface area contributed by atoms with Crippen LogP contribution in [-0.2, 0) is 4.79 Å². The maximum Gasteiger partial charge on any atom is 0.262 e. The molecule has 0 aliphatic carbocycles. The number of nitrogens with zero attached hydrogens (tertiary/aromatic N) is 1. The monoisotopic (exact) mass is 411 g/mol. The summed E-state index contributed by atoms with van der Waals surface area (Å²) in [5, 5.41) is 7.66. The zero-order valence-corrected chi connectivity index (χ0v) is 16.9. The minimum atomic E-state index is -0.248. The van der Waals surface area contributed by atoms with Gasteiger partial charge >= 0.3 is 0 Å². The van der Waals surface area contributed by atoms with E-state index in [-0.39, 0.29) is 18.4 Å². The van der Waals surface area contributed by atoms with Crippen molar-refractivity contribution >= 4 is 46.3 Å². The number of ether oxygens (including phenoxy) is 1. The number of thiazole rings is 1. The van der Waals surface area contributed by atoms with Gasteiger partial charge in [-0.2, -0.15) is 0 Å². The Balaban J connectivity index is 1.48. The van der Waals surface area contributed by atoms with Crippen LogP contribution < -0.4 is 15.4 Å². The first-order valence-corrected chi connectivity index (χ1v) is 10.3. The van der Waals surface area contributed by atoms with Crippen molar-refractivity contribution in [3.63, 3.8) is 0 Å². The smallest absolute Gasteiger partial charge is 0.262 e. The van der Waals surface area contributed by atoms with Gasteiger partial charge in [-0.25, -0.2) is 4.98 Å². The molecule has 28 heavy (non-hydrogen) atoms. The number of rotatable bonds is 4. The highest BCUT2D eigenvalue weighted by molar-refractivity contribution is 8.01. The Morgan fingerprint density at radius 1 is 1.25 bits per heavy atom. The Morgan fingerprint density at radius 2 is 2.11 bits per heavy atom. The number of anilines is 2. The second-order valence-corrected chi connectivity index (χ2v) is 8.51. The molecule has 2 N–H and O–H groups in total. The summed E-state index contributed by atoms with van der Waals surface area (Å²) in [6.07, 6.45) is 0. The molecule has 0 fully saturated rings. The Morgan fingerprint density at radius 3 is 2.86 bits per heavy atom. The van der Waals surface area contributed by atoms with E-state index in [9.17, 15) is 9.59 Å². The number of benzene rings is 2. The van der Waals surface area contributed by atoms with Crippen LogP contribution in [0.1, 0.15) is 21.6 Å².